The first-order valence-electron chi connectivity index (χ1n) is 9.25. The van der Waals surface area contributed by atoms with Gasteiger partial charge in [0.25, 0.3) is 0 Å². The standard InChI is InChI=1S/C21H30N4O/c1-17-14-18(2)16-19(15-17)9-11-24-21(22-3)23-10-5-7-13-25-12-6-4-8-20(25)26/h4,6,8,12,14-16H,5,7,9-11,13H2,1-3H3,(H2,22,23,24). The van der Waals surface area contributed by atoms with Crippen LogP contribution in [0.3, 0.4) is 0 Å². The topological polar surface area (TPSA) is 58.4 Å². The maximum atomic E-state index is 11.6. The van der Waals surface area contributed by atoms with E-state index in [0.717, 1.165) is 44.9 Å². The lowest BCUT2D eigenvalue weighted by Gasteiger charge is -2.12. The number of guanidine groups is 1. The Morgan fingerprint density at radius 3 is 2.46 bits per heavy atom. The highest BCUT2D eigenvalue weighted by Crippen LogP contribution is 2.08. The minimum absolute atomic E-state index is 0.0596. The van der Waals surface area contributed by atoms with Crippen molar-refractivity contribution in [3.8, 4) is 0 Å². The van der Waals surface area contributed by atoms with Crippen molar-refractivity contribution in [1.29, 1.82) is 0 Å². The number of nitrogens with one attached hydrogen (secondary N) is 2. The number of unbranched alkanes of at least 4 members (excludes halogenated alkanes) is 1. The number of hydrogen-bond acceptors (Lipinski definition) is 2. The van der Waals surface area contributed by atoms with E-state index in [-0.39, 0.29) is 5.56 Å². The molecule has 1 aromatic heterocycles. The zero-order chi connectivity index (χ0) is 18.8. The second-order valence-corrected chi connectivity index (χ2v) is 6.61. The fourth-order valence-electron chi connectivity index (χ4n) is 3.02. The van der Waals surface area contributed by atoms with E-state index in [0.29, 0.717) is 0 Å². The van der Waals surface area contributed by atoms with Crippen LogP contribution in [0.5, 0.6) is 0 Å². The molecule has 5 heteroatoms. The van der Waals surface area contributed by atoms with E-state index in [9.17, 15) is 4.79 Å². The summed E-state index contributed by atoms with van der Waals surface area (Å²) in [7, 11) is 1.79. The molecule has 1 aromatic carbocycles. The summed E-state index contributed by atoms with van der Waals surface area (Å²) >= 11 is 0. The van der Waals surface area contributed by atoms with Crippen molar-refractivity contribution in [2.24, 2.45) is 4.99 Å². The van der Waals surface area contributed by atoms with Crippen molar-refractivity contribution >= 4 is 5.96 Å². The molecule has 0 aliphatic rings. The lowest BCUT2D eigenvalue weighted by Crippen LogP contribution is -2.38. The summed E-state index contributed by atoms with van der Waals surface area (Å²) in [4.78, 5) is 15.9. The third-order valence-electron chi connectivity index (χ3n) is 4.23. The summed E-state index contributed by atoms with van der Waals surface area (Å²) in [5, 5.41) is 6.69. The van der Waals surface area contributed by atoms with Gasteiger partial charge in [0.1, 0.15) is 0 Å². The monoisotopic (exact) mass is 354 g/mol. The predicted molar refractivity (Wildman–Crippen MR) is 109 cm³/mol. The van der Waals surface area contributed by atoms with Gasteiger partial charge in [-0.2, -0.15) is 0 Å². The molecule has 0 aliphatic carbocycles. The average molecular weight is 354 g/mol. The van der Waals surface area contributed by atoms with Crippen LogP contribution in [0.4, 0.5) is 0 Å². The minimum Gasteiger partial charge on any atom is -0.356 e. The van der Waals surface area contributed by atoms with Gasteiger partial charge in [0.2, 0.25) is 5.56 Å². The number of nitrogens with zero attached hydrogens (tertiary/aromatic N) is 2. The molecule has 5 nitrogen and oxygen atoms in total. The lowest BCUT2D eigenvalue weighted by molar-refractivity contribution is 0.585. The molecule has 0 atom stereocenters. The van der Waals surface area contributed by atoms with Crippen molar-refractivity contribution in [1.82, 2.24) is 15.2 Å². The zero-order valence-electron chi connectivity index (χ0n) is 16.1. The molecule has 0 saturated carbocycles. The van der Waals surface area contributed by atoms with Gasteiger partial charge in [0.05, 0.1) is 0 Å². The highest BCUT2D eigenvalue weighted by atomic mass is 16.1. The molecule has 0 bridgehead atoms. The van der Waals surface area contributed by atoms with E-state index < -0.39 is 0 Å². The van der Waals surface area contributed by atoms with E-state index in [2.05, 4.69) is 47.7 Å². The molecule has 0 amide bonds. The second kappa shape index (κ2) is 10.4. The van der Waals surface area contributed by atoms with Gasteiger partial charge in [-0.1, -0.05) is 35.4 Å². The maximum Gasteiger partial charge on any atom is 0.250 e. The Morgan fingerprint density at radius 1 is 1.04 bits per heavy atom. The maximum absolute atomic E-state index is 11.6. The van der Waals surface area contributed by atoms with Gasteiger partial charge < -0.3 is 15.2 Å². The van der Waals surface area contributed by atoms with Crippen LogP contribution in [0.15, 0.2) is 52.4 Å². The van der Waals surface area contributed by atoms with Crippen molar-refractivity contribution in [3.05, 3.63) is 69.6 Å². The Hall–Kier alpha value is -2.56. The molecular weight excluding hydrogens is 324 g/mol. The lowest BCUT2D eigenvalue weighted by atomic mass is 10.1. The normalized spacial score (nSPS) is 11.4. The number of pyridine rings is 1. The molecule has 0 saturated heterocycles. The van der Waals surface area contributed by atoms with Crippen LogP contribution in [0, 0.1) is 13.8 Å². The van der Waals surface area contributed by atoms with E-state index >= 15 is 0 Å². The molecule has 0 aliphatic heterocycles. The van der Waals surface area contributed by atoms with Gasteiger partial charge in [-0.25, -0.2) is 0 Å². The zero-order valence-corrected chi connectivity index (χ0v) is 16.1. The van der Waals surface area contributed by atoms with Crippen molar-refractivity contribution in [2.75, 3.05) is 20.1 Å². The second-order valence-electron chi connectivity index (χ2n) is 6.61. The molecule has 0 fully saturated rings. The van der Waals surface area contributed by atoms with Crippen molar-refractivity contribution in [3.63, 3.8) is 0 Å². The summed E-state index contributed by atoms with van der Waals surface area (Å²) < 4.78 is 1.75. The van der Waals surface area contributed by atoms with E-state index in [4.69, 9.17) is 0 Å². The molecule has 1 heterocycles. The molecule has 26 heavy (non-hydrogen) atoms. The largest absolute Gasteiger partial charge is 0.356 e. The highest BCUT2D eigenvalue weighted by Gasteiger charge is 2.00. The smallest absolute Gasteiger partial charge is 0.250 e. The van der Waals surface area contributed by atoms with E-state index in [1.165, 1.54) is 16.7 Å². The van der Waals surface area contributed by atoms with Crippen LogP contribution in [0.25, 0.3) is 0 Å². The molecule has 2 rings (SSSR count). The minimum atomic E-state index is 0.0596. The van der Waals surface area contributed by atoms with Crippen molar-refractivity contribution in [2.45, 2.75) is 39.7 Å². The molecule has 140 valence electrons. The summed E-state index contributed by atoms with van der Waals surface area (Å²) in [5.74, 6) is 0.825. The molecule has 0 unspecified atom stereocenters. The third-order valence-corrected chi connectivity index (χ3v) is 4.23. The highest BCUT2D eigenvalue weighted by molar-refractivity contribution is 5.79. The van der Waals surface area contributed by atoms with Crippen LogP contribution in [-0.2, 0) is 13.0 Å². The van der Waals surface area contributed by atoms with E-state index in [1.54, 1.807) is 23.7 Å². The fraction of sp³-hybridized carbons (Fsp3) is 0.429. The average Bonchev–Trinajstić information content (AvgIpc) is 2.60. The summed E-state index contributed by atoms with van der Waals surface area (Å²) in [6.07, 6.45) is 4.75. The quantitative estimate of drug-likeness (QED) is 0.435. The molecule has 0 radical (unpaired) electrons. The number of aryl methyl sites for hydroxylation is 3. The van der Waals surface area contributed by atoms with Gasteiger partial charge in [0, 0.05) is 38.9 Å². The third kappa shape index (κ3) is 6.75. The molecule has 2 N–H and O–H groups in total. The Bertz CT molecular complexity index is 759. The van der Waals surface area contributed by atoms with Crippen LogP contribution in [0.2, 0.25) is 0 Å². The molecular formula is C21H30N4O. The summed E-state index contributed by atoms with van der Waals surface area (Å²) in [5.41, 5.74) is 4.02. The number of benzene rings is 1. The van der Waals surface area contributed by atoms with Gasteiger partial charge in [-0.15, -0.1) is 0 Å². The molecule has 0 spiro atoms. The summed E-state index contributed by atoms with van der Waals surface area (Å²) in [6.45, 7) is 6.70. The van der Waals surface area contributed by atoms with Crippen molar-refractivity contribution < 1.29 is 0 Å². The first-order chi connectivity index (χ1) is 12.6. The van der Waals surface area contributed by atoms with Crippen LogP contribution in [-0.4, -0.2) is 30.7 Å². The Morgan fingerprint density at radius 2 is 1.77 bits per heavy atom. The fourth-order valence-corrected chi connectivity index (χ4v) is 3.02. The first-order valence-corrected chi connectivity index (χ1v) is 9.25. The Kier molecular flexibility index (Phi) is 7.93. The number of rotatable bonds is 8. The van der Waals surface area contributed by atoms with Gasteiger partial charge in [-0.3, -0.25) is 9.79 Å². The number of aromatic nitrogens is 1. The molecule has 2 aromatic rings. The Labute approximate surface area is 156 Å². The van der Waals surface area contributed by atoms with E-state index in [1.807, 2.05) is 12.3 Å². The number of hydrogen-bond donors (Lipinski definition) is 2. The van der Waals surface area contributed by atoms with Crippen LogP contribution in [0.1, 0.15) is 29.5 Å². The SMILES string of the molecule is CN=C(NCCCCn1ccccc1=O)NCCc1cc(C)cc(C)c1. The van der Waals surface area contributed by atoms with Gasteiger partial charge in [0.15, 0.2) is 5.96 Å². The number of aliphatic imine (C=N–C) groups is 1. The van der Waals surface area contributed by atoms with Crippen LogP contribution >= 0.6 is 0 Å². The predicted octanol–water partition coefficient (Wildman–Crippen LogP) is 2.65. The Balaban J connectivity index is 1.65. The first kappa shape index (κ1) is 19.8. The van der Waals surface area contributed by atoms with Gasteiger partial charge in [-0.05, 0) is 44.7 Å². The van der Waals surface area contributed by atoms with Crippen LogP contribution < -0.4 is 16.2 Å². The van der Waals surface area contributed by atoms with Gasteiger partial charge >= 0.3 is 0 Å². The summed E-state index contributed by atoms with van der Waals surface area (Å²) in [6, 6.07) is 11.9.